The van der Waals surface area contributed by atoms with E-state index in [1.54, 1.807) is 4.68 Å². The van der Waals surface area contributed by atoms with Crippen LogP contribution >= 0.6 is 0 Å². The molecule has 1 fully saturated rings. The maximum absolute atomic E-state index is 11.6. The van der Waals surface area contributed by atoms with Gasteiger partial charge < -0.3 is 10.5 Å². The van der Waals surface area contributed by atoms with Crippen molar-refractivity contribution in [1.82, 2.24) is 14.8 Å². The van der Waals surface area contributed by atoms with Crippen LogP contribution in [0.25, 0.3) is 5.82 Å². The van der Waals surface area contributed by atoms with Gasteiger partial charge in [0.05, 0.1) is 24.1 Å². The monoisotopic (exact) mass is 258 g/mol. The van der Waals surface area contributed by atoms with Gasteiger partial charge >= 0.3 is 5.97 Å². The molecule has 0 amide bonds. The van der Waals surface area contributed by atoms with Crippen molar-refractivity contribution in [2.45, 2.75) is 18.8 Å². The molecule has 1 aliphatic rings. The van der Waals surface area contributed by atoms with E-state index in [1.807, 2.05) is 12.3 Å². The maximum atomic E-state index is 11.6. The molecule has 0 spiro atoms. The first kappa shape index (κ1) is 11.7. The molecule has 0 aromatic carbocycles. The number of esters is 1. The quantitative estimate of drug-likeness (QED) is 0.844. The zero-order chi connectivity index (χ0) is 13.4. The summed E-state index contributed by atoms with van der Waals surface area (Å²) in [6.07, 6.45) is 5.70. The number of aromatic nitrogens is 3. The van der Waals surface area contributed by atoms with Crippen molar-refractivity contribution in [3.05, 3.63) is 35.8 Å². The van der Waals surface area contributed by atoms with Crippen molar-refractivity contribution in [2.24, 2.45) is 0 Å². The molecule has 2 aromatic rings. The minimum absolute atomic E-state index is 0.278. The molecule has 0 saturated heterocycles. The van der Waals surface area contributed by atoms with Gasteiger partial charge in [-0.15, -0.1) is 0 Å². The molecule has 1 aliphatic carbocycles. The first-order valence-electron chi connectivity index (χ1n) is 6.09. The largest absolute Gasteiger partial charge is 0.465 e. The van der Waals surface area contributed by atoms with Gasteiger partial charge in [-0.3, -0.25) is 0 Å². The molecule has 3 rings (SSSR count). The highest BCUT2D eigenvalue weighted by Crippen LogP contribution is 2.39. The van der Waals surface area contributed by atoms with Gasteiger partial charge in [0.1, 0.15) is 0 Å². The van der Waals surface area contributed by atoms with Crippen molar-refractivity contribution in [3.8, 4) is 5.82 Å². The molecule has 6 heteroatoms. The van der Waals surface area contributed by atoms with Gasteiger partial charge in [0.15, 0.2) is 5.82 Å². The summed E-state index contributed by atoms with van der Waals surface area (Å²) in [5.74, 6) is 0.539. The van der Waals surface area contributed by atoms with E-state index in [4.69, 9.17) is 5.73 Å². The minimum Gasteiger partial charge on any atom is -0.465 e. The number of carbonyl (C=O) groups is 1. The number of rotatable bonds is 3. The Morgan fingerprint density at radius 1 is 1.47 bits per heavy atom. The summed E-state index contributed by atoms with van der Waals surface area (Å²) in [5, 5.41) is 4.45. The second kappa shape index (κ2) is 4.38. The summed E-state index contributed by atoms with van der Waals surface area (Å²) in [6, 6.07) is 3.50. The summed E-state index contributed by atoms with van der Waals surface area (Å²) in [4.78, 5) is 15.8. The molecular formula is C13H14N4O2. The molecule has 0 bridgehead atoms. The number of hydrogen-bond acceptors (Lipinski definition) is 5. The van der Waals surface area contributed by atoms with E-state index >= 15 is 0 Å². The van der Waals surface area contributed by atoms with Crippen LogP contribution in [-0.2, 0) is 4.74 Å². The molecule has 0 atom stereocenters. The fourth-order valence-electron chi connectivity index (χ4n) is 1.99. The second-order valence-corrected chi connectivity index (χ2v) is 4.55. The van der Waals surface area contributed by atoms with E-state index in [0.717, 1.165) is 5.69 Å². The summed E-state index contributed by atoms with van der Waals surface area (Å²) < 4.78 is 6.29. The molecule has 6 nitrogen and oxygen atoms in total. The van der Waals surface area contributed by atoms with Gasteiger partial charge in [0, 0.05) is 18.3 Å². The predicted octanol–water partition coefficient (Wildman–Crippen LogP) is 1.51. The fourth-order valence-corrected chi connectivity index (χ4v) is 1.99. The number of pyridine rings is 1. The third kappa shape index (κ3) is 2.05. The number of ether oxygens (including phenoxy) is 1. The maximum Gasteiger partial charge on any atom is 0.340 e. The molecule has 2 N–H and O–H groups in total. The van der Waals surface area contributed by atoms with Gasteiger partial charge in [-0.1, -0.05) is 0 Å². The van der Waals surface area contributed by atoms with Crippen LogP contribution in [0.3, 0.4) is 0 Å². The van der Waals surface area contributed by atoms with Crippen molar-refractivity contribution < 1.29 is 9.53 Å². The van der Waals surface area contributed by atoms with Gasteiger partial charge in [0.25, 0.3) is 0 Å². The summed E-state index contributed by atoms with van der Waals surface area (Å²) in [6.45, 7) is 0. The Bertz CT molecular complexity index is 631. The van der Waals surface area contributed by atoms with Gasteiger partial charge in [-0.2, -0.15) is 5.10 Å². The average Bonchev–Trinajstić information content (AvgIpc) is 3.17. The topological polar surface area (TPSA) is 83.0 Å². The van der Waals surface area contributed by atoms with E-state index in [2.05, 4.69) is 14.8 Å². The van der Waals surface area contributed by atoms with E-state index in [9.17, 15) is 4.79 Å². The predicted molar refractivity (Wildman–Crippen MR) is 69.1 cm³/mol. The number of nitrogens with zero attached hydrogens (tertiary/aromatic N) is 3. The Hall–Kier alpha value is -2.37. The van der Waals surface area contributed by atoms with Crippen LogP contribution in [0.1, 0.15) is 34.8 Å². The number of carbonyl (C=O) groups excluding carboxylic acids is 1. The lowest BCUT2D eigenvalue weighted by Crippen LogP contribution is -2.11. The van der Waals surface area contributed by atoms with E-state index in [1.165, 1.54) is 32.2 Å². The van der Waals surface area contributed by atoms with Crippen molar-refractivity contribution >= 4 is 11.7 Å². The number of hydrogen-bond donors (Lipinski definition) is 1. The Kier molecular flexibility index (Phi) is 2.70. The van der Waals surface area contributed by atoms with E-state index < -0.39 is 5.97 Å². The third-order valence-electron chi connectivity index (χ3n) is 3.20. The summed E-state index contributed by atoms with van der Waals surface area (Å²) in [7, 11) is 1.32. The van der Waals surface area contributed by atoms with Crippen LogP contribution in [0, 0.1) is 0 Å². The number of nitrogens with two attached hydrogens (primary N) is 1. The first-order valence-corrected chi connectivity index (χ1v) is 6.09. The van der Waals surface area contributed by atoms with Crippen molar-refractivity contribution in [2.75, 3.05) is 12.8 Å². The standard InChI is InChI=1S/C13H14N4O2/c1-19-13(18)9-4-6-15-12(11(9)14)17-7-5-10(16-17)8-2-3-8/h4-8H,2-3,14H2,1H3. The highest BCUT2D eigenvalue weighted by Gasteiger charge is 2.26. The van der Waals surface area contributed by atoms with E-state index in [0.29, 0.717) is 17.3 Å². The second-order valence-electron chi connectivity index (χ2n) is 4.55. The smallest absolute Gasteiger partial charge is 0.340 e. The first-order chi connectivity index (χ1) is 9.20. The van der Waals surface area contributed by atoms with Crippen molar-refractivity contribution in [1.29, 1.82) is 0 Å². The lowest BCUT2D eigenvalue weighted by atomic mass is 10.2. The average molecular weight is 258 g/mol. The van der Waals surface area contributed by atoms with Crippen LogP contribution in [0.2, 0.25) is 0 Å². The highest BCUT2D eigenvalue weighted by molar-refractivity contribution is 5.96. The zero-order valence-electron chi connectivity index (χ0n) is 10.5. The SMILES string of the molecule is COC(=O)c1ccnc(-n2ccc(C3CC3)n2)c1N. The molecule has 19 heavy (non-hydrogen) atoms. The fraction of sp³-hybridized carbons (Fsp3) is 0.308. The summed E-state index contributed by atoms with van der Waals surface area (Å²) in [5.41, 5.74) is 7.59. The zero-order valence-corrected chi connectivity index (χ0v) is 10.5. The lowest BCUT2D eigenvalue weighted by Gasteiger charge is -2.08. The molecule has 1 saturated carbocycles. The Morgan fingerprint density at radius 3 is 2.95 bits per heavy atom. The van der Waals surface area contributed by atoms with Crippen LogP contribution in [-0.4, -0.2) is 27.8 Å². The molecule has 0 radical (unpaired) electrons. The summed E-state index contributed by atoms with van der Waals surface area (Å²) >= 11 is 0. The number of methoxy groups -OCH3 is 1. The van der Waals surface area contributed by atoms with Gasteiger partial charge in [-0.25, -0.2) is 14.5 Å². The Labute approximate surface area is 110 Å². The molecule has 2 heterocycles. The minimum atomic E-state index is -0.476. The Morgan fingerprint density at radius 2 is 2.26 bits per heavy atom. The van der Waals surface area contributed by atoms with E-state index in [-0.39, 0.29) is 5.69 Å². The van der Waals surface area contributed by atoms with Crippen LogP contribution in [0.4, 0.5) is 5.69 Å². The number of anilines is 1. The normalized spacial score (nSPS) is 14.4. The Balaban J connectivity index is 2.01. The van der Waals surface area contributed by atoms with Crippen molar-refractivity contribution in [3.63, 3.8) is 0 Å². The molecule has 0 aliphatic heterocycles. The van der Waals surface area contributed by atoms with Gasteiger partial charge in [-0.05, 0) is 25.0 Å². The molecule has 0 unspecified atom stereocenters. The lowest BCUT2D eigenvalue weighted by molar-refractivity contribution is 0.0602. The van der Waals surface area contributed by atoms with Crippen LogP contribution < -0.4 is 5.73 Å². The molecule has 2 aromatic heterocycles. The molecule has 98 valence electrons. The third-order valence-corrected chi connectivity index (χ3v) is 3.20. The highest BCUT2D eigenvalue weighted by atomic mass is 16.5. The van der Waals surface area contributed by atoms with Crippen LogP contribution in [0.5, 0.6) is 0 Å². The van der Waals surface area contributed by atoms with Gasteiger partial charge in [0.2, 0.25) is 0 Å². The van der Waals surface area contributed by atoms with Crippen LogP contribution in [0.15, 0.2) is 24.5 Å². The number of nitrogen functional groups attached to an aromatic ring is 1. The molecular weight excluding hydrogens is 244 g/mol.